The number of ether oxygens (including phenoxy) is 1. The lowest BCUT2D eigenvalue weighted by atomic mass is 10.00. The van der Waals surface area contributed by atoms with Crippen LogP contribution in [0.3, 0.4) is 0 Å². The van der Waals surface area contributed by atoms with Crippen molar-refractivity contribution in [2.45, 2.75) is 40.7 Å². The van der Waals surface area contributed by atoms with Crippen LogP contribution in [0.4, 0.5) is 0 Å². The number of benzene rings is 1. The van der Waals surface area contributed by atoms with Crippen LogP contribution in [0.5, 0.6) is 5.75 Å². The van der Waals surface area contributed by atoms with Gasteiger partial charge in [0.2, 0.25) is 0 Å². The molecule has 1 aromatic rings. The van der Waals surface area contributed by atoms with Crippen molar-refractivity contribution < 1.29 is 4.74 Å². The Bertz CT molecular complexity index is 300. The summed E-state index contributed by atoms with van der Waals surface area (Å²) in [6, 6.07) is 6.31. The maximum Gasteiger partial charge on any atom is 0.123 e. The van der Waals surface area contributed by atoms with E-state index in [0.717, 1.165) is 5.75 Å². The molecule has 1 nitrogen and oxygen atoms in total. The lowest BCUT2D eigenvalue weighted by Crippen LogP contribution is -2.08. The van der Waals surface area contributed by atoms with E-state index in [1.807, 2.05) is 0 Å². The lowest BCUT2D eigenvalue weighted by molar-refractivity contribution is 0.240. The van der Waals surface area contributed by atoms with Crippen LogP contribution >= 0.6 is 0 Å². The second kappa shape index (κ2) is 4.50. The fourth-order valence-corrected chi connectivity index (χ4v) is 1.39. The van der Waals surface area contributed by atoms with Gasteiger partial charge in [-0.2, -0.15) is 0 Å². The van der Waals surface area contributed by atoms with E-state index in [0.29, 0.717) is 0 Å². The van der Waals surface area contributed by atoms with Crippen molar-refractivity contribution in [1.29, 1.82) is 0 Å². The summed E-state index contributed by atoms with van der Waals surface area (Å²) in [6.45, 7) is 10.4. The SMILES string of the molecule is C[C](C)c1cc(C)ccc1OC(C)C. The van der Waals surface area contributed by atoms with E-state index < -0.39 is 0 Å². The molecule has 0 saturated heterocycles. The molecular formula is C13H19O. The number of hydrogen-bond donors (Lipinski definition) is 0. The summed E-state index contributed by atoms with van der Waals surface area (Å²) in [5, 5.41) is 0. The first-order valence-corrected chi connectivity index (χ1v) is 5.08. The molecule has 14 heavy (non-hydrogen) atoms. The van der Waals surface area contributed by atoms with Crippen LogP contribution in [-0.4, -0.2) is 6.10 Å². The highest BCUT2D eigenvalue weighted by atomic mass is 16.5. The Hall–Kier alpha value is -0.980. The quantitative estimate of drug-likeness (QED) is 0.707. The Morgan fingerprint density at radius 3 is 2.36 bits per heavy atom. The molecule has 0 aliphatic rings. The Morgan fingerprint density at radius 2 is 1.86 bits per heavy atom. The highest BCUT2D eigenvalue weighted by Crippen LogP contribution is 2.27. The predicted octanol–water partition coefficient (Wildman–Crippen LogP) is 3.74. The minimum atomic E-state index is 0.232. The molecule has 0 N–H and O–H groups in total. The van der Waals surface area contributed by atoms with Gasteiger partial charge in [0.1, 0.15) is 5.75 Å². The number of hydrogen-bond acceptors (Lipinski definition) is 1. The van der Waals surface area contributed by atoms with Gasteiger partial charge in [-0.3, -0.25) is 0 Å². The smallest absolute Gasteiger partial charge is 0.123 e. The molecule has 0 saturated carbocycles. The monoisotopic (exact) mass is 191 g/mol. The summed E-state index contributed by atoms with van der Waals surface area (Å²) in [5.41, 5.74) is 2.50. The fraction of sp³-hybridized carbons (Fsp3) is 0.462. The van der Waals surface area contributed by atoms with E-state index >= 15 is 0 Å². The first kappa shape index (κ1) is 11.1. The second-order valence-corrected chi connectivity index (χ2v) is 4.17. The van der Waals surface area contributed by atoms with Gasteiger partial charge in [0.05, 0.1) is 6.10 Å². The summed E-state index contributed by atoms with van der Waals surface area (Å²) in [6.07, 6.45) is 0.232. The number of aryl methyl sites for hydroxylation is 1. The third kappa shape index (κ3) is 2.76. The van der Waals surface area contributed by atoms with Crippen LogP contribution in [0.25, 0.3) is 0 Å². The molecule has 0 heterocycles. The fourth-order valence-electron chi connectivity index (χ4n) is 1.39. The van der Waals surface area contributed by atoms with E-state index in [2.05, 4.69) is 52.8 Å². The normalized spacial score (nSPS) is 11.1. The molecule has 1 radical (unpaired) electrons. The largest absolute Gasteiger partial charge is 0.491 e. The molecule has 0 spiro atoms. The molecule has 1 rings (SSSR count). The average molecular weight is 191 g/mol. The van der Waals surface area contributed by atoms with Gasteiger partial charge in [-0.1, -0.05) is 31.5 Å². The first-order chi connectivity index (χ1) is 6.50. The minimum absolute atomic E-state index is 0.232. The van der Waals surface area contributed by atoms with E-state index in [-0.39, 0.29) is 6.10 Å². The van der Waals surface area contributed by atoms with Gasteiger partial charge < -0.3 is 4.74 Å². The molecule has 0 fully saturated rings. The molecule has 0 aliphatic heterocycles. The van der Waals surface area contributed by atoms with Gasteiger partial charge in [-0.05, 0) is 26.8 Å². The molecule has 0 atom stereocenters. The molecule has 1 aromatic carbocycles. The van der Waals surface area contributed by atoms with Crippen molar-refractivity contribution in [2.24, 2.45) is 0 Å². The minimum Gasteiger partial charge on any atom is -0.491 e. The standard InChI is InChI=1S/C13H19O/c1-9(2)12-8-11(5)6-7-13(12)14-10(3)4/h6-8,10H,1-5H3. The highest BCUT2D eigenvalue weighted by Gasteiger charge is 2.09. The van der Waals surface area contributed by atoms with Crippen molar-refractivity contribution in [1.82, 2.24) is 0 Å². The molecule has 0 unspecified atom stereocenters. The second-order valence-electron chi connectivity index (χ2n) is 4.17. The maximum absolute atomic E-state index is 5.74. The Kier molecular flexibility index (Phi) is 3.56. The summed E-state index contributed by atoms with van der Waals surface area (Å²) in [4.78, 5) is 0. The van der Waals surface area contributed by atoms with Crippen LogP contribution in [0.15, 0.2) is 18.2 Å². The summed E-state index contributed by atoms with van der Waals surface area (Å²) in [7, 11) is 0. The van der Waals surface area contributed by atoms with E-state index in [1.54, 1.807) is 0 Å². The van der Waals surface area contributed by atoms with Crippen molar-refractivity contribution in [3.63, 3.8) is 0 Å². The average Bonchev–Trinajstić information content (AvgIpc) is 2.07. The van der Waals surface area contributed by atoms with Gasteiger partial charge in [-0.25, -0.2) is 0 Å². The van der Waals surface area contributed by atoms with E-state index in [1.165, 1.54) is 17.0 Å². The summed E-state index contributed by atoms with van der Waals surface area (Å²) in [5.74, 6) is 2.29. The van der Waals surface area contributed by atoms with Gasteiger partial charge in [0.25, 0.3) is 0 Å². The summed E-state index contributed by atoms with van der Waals surface area (Å²) >= 11 is 0. The Balaban J connectivity index is 3.02. The van der Waals surface area contributed by atoms with Crippen molar-refractivity contribution >= 4 is 0 Å². The molecule has 77 valence electrons. The van der Waals surface area contributed by atoms with Crippen LogP contribution in [-0.2, 0) is 0 Å². The van der Waals surface area contributed by atoms with E-state index in [9.17, 15) is 0 Å². The molecule has 1 heteroatoms. The van der Waals surface area contributed by atoms with Crippen LogP contribution in [0, 0.1) is 12.8 Å². The Morgan fingerprint density at radius 1 is 1.21 bits per heavy atom. The van der Waals surface area contributed by atoms with Crippen LogP contribution in [0.1, 0.15) is 38.8 Å². The van der Waals surface area contributed by atoms with Crippen molar-refractivity contribution in [3.8, 4) is 5.75 Å². The zero-order chi connectivity index (χ0) is 10.7. The van der Waals surface area contributed by atoms with Gasteiger partial charge in [-0.15, -0.1) is 0 Å². The topological polar surface area (TPSA) is 9.23 Å². The lowest BCUT2D eigenvalue weighted by Gasteiger charge is -2.16. The molecule has 0 aromatic heterocycles. The third-order valence-corrected chi connectivity index (χ3v) is 2.04. The van der Waals surface area contributed by atoms with Crippen molar-refractivity contribution in [3.05, 3.63) is 35.2 Å². The van der Waals surface area contributed by atoms with Crippen LogP contribution < -0.4 is 4.74 Å². The zero-order valence-corrected chi connectivity index (χ0v) is 9.72. The van der Waals surface area contributed by atoms with Crippen LogP contribution in [0.2, 0.25) is 0 Å². The van der Waals surface area contributed by atoms with Gasteiger partial charge >= 0.3 is 0 Å². The van der Waals surface area contributed by atoms with Gasteiger partial charge in [0, 0.05) is 11.5 Å². The predicted molar refractivity (Wildman–Crippen MR) is 60.6 cm³/mol. The first-order valence-electron chi connectivity index (χ1n) is 5.08. The molecule has 0 bridgehead atoms. The highest BCUT2D eigenvalue weighted by molar-refractivity contribution is 5.44. The zero-order valence-electron chi connectivity index (χ0n) is 9.72. The third-order valence-electron chi connectivity index (χ3n) is 2.04. The molecular weight excluding hydrogens is 172 g/mol. The summed E-state index contributed by atoms with van der Waals surface area (Å²) < 4.78 is 5.74. The maximum atomic E-state index is 5.74. The van der Waals surface area contributed by atoms with Gasteiger partial charge in [0.15, 0.2) is 0 Å². The molecule has 0 amide bonds. The molecule has 0 aliphatic carbocycles. The van der Waals surface area contributed by atoms with Crippen molar-refractivity contribution in [2.75, 3.05) is 0 Å². The Labute approximate surface area is 87.1 Å². The van der Waals surface area contributed by atoms with E-state index in [4.69, 9.17) is 4.74 Å². The number of rotatable bonds is 3.